The van der Waals surface area contributed by atoms with Gasteiger partial charge in [-0.1, -0.05) is 36.8 Å². The molecular weight excluding hydrogens is 345 g/mol. The predicted molar refractivity (Wildman–Crippen MR) is 105 cm³/mol. The minimum atomic E-state index is -0.573. The molecule has 1 aliphatic rings. The van der Waals surface area contributed by atoms with E-state index in [-0.39, 0.29) is 30.7 Å². The molecule has 1 heterocycles. The highest BCUT2D eigenvalue weighted by molar-refractivity contribution is 5.85. The number of nitrogens with one attached hydrogen (secondary N) is 1. The lowest BCUT2D eigenvalue weighted by atomic mass is 9.99. The van der Waals surface area contributed by atoms with Crippen LogP contribution in [0.2, 0.25) is 0 Å². The second-order valence-corrected chi connectivity index (χ2v) is 6.56. The maximum atomic E-state index is 12.1. The number of halogens is 2. The molecule has 1 amide bonds. The molecule has 0 saturated carbocycles. The van der Waals surface area contributed by atoms with Gasteiger partial charge in [0.25, 0.3) is 0 Å². The van der Waals surface area contributed by atoms with Crippen LogP contribution in [0, 0.1) is 12.8 Å². The van der Waals surface area contributed by atoms with Crippen LogP contribution in [0.1, 0.15) is 43.4 Å². The summed E-state index contributed by atoms with van der Waals surface area (Å²) < 4.78 is 0. The molecule has 6 heteroatoms. The van der Waals surface area contributed by atoms with Crippen molar-refractivity contribution >= 4 is 30.7 Å². The van der Waals surface area contributed by atoms with E-state index in [2.05, 4.69) is 17.1 Å². The van der Waals surface area contributed by atoms with Crippen molar-refractivity contribution in [2.45, 2.75) is 39.2 Å². The molecule has 0 aromatic heterocycles. The van der Waals surface area contributed by atoms with Gasteiger partial charge in [-0.05, 0) is 57.3 Å². The van der Waals surface area contributed by atoms with Gasteiger partial charge in [-0.2, -0.15) is 0 Å². The molecule has 2 rings (SSSR count). The van der Waals surface area contributed by atoms with Crippen LogP contribution < -0.4 is 11.1 Å². The fourth-order valence-electron chi connectivity index (χ4n) is 2.84. The zero-order valence-electron chi connectivity index (χ0n) is 14.7. The Morgan fingerprint density at radius 1 is 1.25 bits per heavy atom. The van der Waals surface area contributed by atoms with Gasteiger partial charge in [0.05, 0.1) is 0 Å². The van der Waals surface area contributed by atoms with Gasteiger partial charge in [0.1, 0.15) is 6.04 Å². The Kier molecular flexibility index (Phi) is 11.3. The van der Waals surface area contributed by atoms with Crippen LogP contribution in [-0.4, -0.2) is 37.0 Å². The Labute approximate surface area is 158 Å². The number of likely N-dealkylation sites (tertiary alicyclic amines) is 1. The third kappa shape index (κ3) is 7.39. The Morgan fingerprint density at radius 3 is 2.42 bits per heavy atom. The van der Waals surface area contributed by atoms with E-state index in [0.717, 1.165) is 24.4 Å². The van der Waals surface area contributed by atoms with Gasteiger partial charge >= 0.3 is 0 Å². The lowest BCUT2D eigenvalue weighted by Gasteiger charge is -2.30. The molecule has 4 nitrogen and oxygen atoms in total. The predicted octanol–water partition coefficient (Wildman–Crippen LogP) is 3.08. The highest BCUT2D eigenvalue weighted by atomic mass is 35.5. The molecule has 0 spiro atoms. The molecule has 1 aromatic carbocycles. The molecule has 3 N–H and O–H groups in total. The molecular formula is C18H31Cl2N3O. The number of hydrogen-bond donors (Lipinski definition) is 2. The second-order valence-electron chi connectivity index (χ2n) is 6.56. The van der Waals surface area contributed by atoms with E-state index in [1.165, 1.54) is 31.5 Å². The first kappa shape index (κ1) is 23.2. The van der Waals surface area contributed by atoms with E-state index in [9.17, 15) is 4.79 Å². The van der Waals surface area contributed by atoms with Crippen molar-refractivity contribution < 1.29 is 4.79 Å². The van der Waals surface area contributed by atoms with Crippen molar-refractivity contribution in [2.24, 2.45) is 11.7 Å². The highest BCUT2D eigenvalue weighted by Gasteiger charge is 2.16. The summed E-state index contributed by atoms with van der Waals surface area (Å²) in [5, 5.41) is 2.95. The average Bonchev–Trinajstić information content (AvgIpc) is 2.53. The number of rotatable bonds is 6. The summed E-state index contributed by atoms with van der Waals surface area (Å²) in [5.41, 5.74) is 8.05. The number of nitrogens with zero attached hydrogens (tertiary/aromatic N) is 1. The molecule has 1 aromatic rings. The summed E-state index contributed by atoms with van der Waals surface area (Å²) in [5.74, 6) is 0.777. The van der Waals surface area contributed by atoms with Crippen molar-refractivity contribution in [3.8, 4) is 0 Å². The molecule has 1 saturated heterocycles. The summed E-state index contributed by atoms with van der Waals surface area (Å²) in [6.07, 6.45) is 3.58. The molecule has 1 atom stereocenters. The highest BCUT2D eigenvalue weighted by Crippen LogP contribution is 2.16. The summed E-state index contributed by atoms with van der Waals surface area (Å²) in [6, 6.07) is 7.25. The van der Waals surface area contributed by atoms with Gasteiger partial charge in [0.15, 0.2) is 0 Å². The second kappa shape index (κ2) is 11.7. The quantitative estimate of drug-likeness (QED) is 0.751. The Bertz CT molecular complexity index is 474. The van der Waals surface area contributed by atoms with Crippen molar-refractivity contribution in [2.75, 3.05) is 26.2 Å². The van der Waals surface area contributed by atoms with Crippen LogP contribution in [0.4, 0.5) is 0 Å². The molecule has 1 aliphatic heterocycles. The molecule has 24 heavy (non-hydrogen) atoms. The first-order valence-electron chi connectivity index (χ1n) is 8.38. The number of aryl methyl sites for hydroxylation is 1. The number of nitrogens with two attached hydrogens (primary N) is 1. The van der Waals surface area contributed by atoms with Crippen molar-refractivity contribution in [3.05, 3.63) is 35.4 Å². The first-order valence-corrected chi connectivity index (χ1v) is 8.38. The number of carbonyl (C=O) groups excluding carboxylic acids is 1. The van der Waals surface area contributed by atoms with Gasteiger partial charge in [0.2, 0.25) is 5.91 Å². The van der Waals surface area contributed by atoms with Gasteiger partial charge in [-0.15, -0.1) is 24.8 Å². The summed E-state index contributed by atoms with van der Waals surface area (Å²) in [7, 11) is 0. The fraction of sp³-hybridized carbons (Fsp3) is 0.611. The van der Waals surface area contributed by atoms with E-state index >= 15 is 0 Å². The topological polar surface area (TPSA) is 58.4 Å². The Morgan fingerprint density at radius 2 is 1.83 bits per heavy atom. The van der Waals surface area contributed by atoms with E-state index in [0.29, 0.717) is 6.54 Å². The maximum Gasteiger partial charge on any atom is 0.241 e. The number of carbonyl (C=O) groups is 1. The van der Waals surface area contributed by atoms with Crippen molar-refractivity contribution in [1.82, 2.24) is 10.2 Å². The molecule has 138 valence electrons. The van der Waals surface area contributed by atoms with Crippen LogP contribution in [0.5, 0.6) is 0 Å². The average molecular weight is 376 g/mol. The summed E-state index contributed by atoms with van der Waals surface area (Å²) in [6.45, 7) is 8.49. The van der Waals surface area contributed by atoms with Gasteiger partial charge < -0.3 is 16.0 Å². The minimum Gasteiger partial charge on any atom is -0.354 e. The fourth-order valence-corrected chi connectivity index (χ4v) is 2.84. The van der Waals surface area contributed by atoms with Gasteiger partial charge in [-0.3, -0.25) is 4.79 Å². The zero-order valence-corrected chi connectivity index (χ0v) is 16.3. The molecule has 0 bridgehead atoms. The maximum absolute atomic E-state index is 12.1. The van der Waals surface area contributed by atoms with Gasteiger partial charge in [0, 0.05) is 6.54 Å². The molecule has 0 aliphatic carbocycles. The third-order valence-electron chi connectivity index (χ3n) is 4.55. The van der Waals surface area contributed by atoms with E-state index < -0.39 is 6.04 Å². The third-order valence-corrected chi connectivity index (χ3v) is 4.55. The lowest BCUT2D eigenvalue weighted by Crippen LogP contribution is -2.37. The van der Waals surface area contributed by atoms with Crippen molar-refractivity contribution in [3.63, 3.8) is 0 Å². The van der Waals surface area contributed by atoms with E-state index in [1.54, 1.807) is 0 Å². The van der Waals surface area contributed by atoms with Crippen LogP contribution >= 0.6 is 24.8 Å². The Balaban J connectivity index is 0.00000264. The molecule has 1 fully saturated rings. The van der Waals surface area contributed by atoms with Gasteiger partial charge in [-0.25, -0.2) is 0 Å². The zero-order chi connectivity index (χ0) is 15.9. The number of benzene rings is 1. The SMILES string of the molecule is Cc1ccc(C(N)C(=O)NCCCN2CCC(C)CC2)cc1.Cl.Cl. The summed E-state index contributed by atoms with van der Waals surface area (Å²) >= 11 is 0. The minimum absolute atomic E-state index is 0. The van der Waals surface area contributed by atoms with Crippen LogP contribution in [0.3, 0.4) is 0 Å². The van der Waals surface area contributed by atoms with E-state index in [1.807, 2.05) is 31.2 Å². The number of hydrogen-bond acceptors (Lipinski definition) is 3. The number of piperidine rings is 1. The Hall–Kier alpha value is -0.810. The van der Waals surface area contributed by atoms with Crippen LogP contribution in [0.25, 0.3) is 0 Å². The normalized spacial score (nSPS) is 16.6. The summed E-state index contributed by atoms with van der Waals surface area (Å²) in [4.78, 5) is 14.6. The van der Waals surface area contributed by atoms with Crippen LogP contribution in [-0.2, 0) is 4.79 Å². The standard InChI is InChI=1S/C18H29N3O.2ClH/c1-14-4-6-16(7-5-14)17(19)18(22)20-10-3-11-21-12-8-15(2)9-13-21;;/h4-7,15,17H,3,8-13,19H2,1-2H3,(H,20,22);2*1H. The van der Waals surface area contributed by atoms with Crippen LogP contribution in [0.15, 0.2) is 24.3 Å². The lowest BCUT2D eigenvalue weighted by molar-refractivity contribution is -0.122. The smallest absolute Gasteiger partial charge is 0.241 e. The number of amides is 1. The largest absolute Gasteiger partial charge is 0.354 e. The van der Waals surface area contributed by atoms with Crippen molar-refractivity contribution in [1.29, 1.82) is 0 Å². The van der Waals surface area contributed by atoms with E-state index in [4.69, 9.17) is 5.73 Å². The first-order chi connectivity index (χ1) is 10.6. The molecule has 0 radical (unpaired) electrons. The monoisotopic (exact) mass is 375 g/mol. The molecule has 1 unspecified atom stereocenters.